The number of alkyl halides is 1. The Balaban J connectivity index is 2.29. The zero-order valence-electron chi connectivity index (χ0n) is 10.2. The SMILES string of the molecule is O=C1C=CN(C(=O)CCBr)C(c2ccc(F)cc2)C1. The van der Waals surface area contributed by atoms with Gasteiger partial charge >= 0.3 is 0 Å². The van der Waals surface area contributed by atoms with E-state index in [1.54, 1.807) is 17.0 Å². The van der Waals surface area contributed by atoms with E-state index >= 15 is 0 Å². The zero-order valence-corrected chi connectivity index (χ0v) is 11.8. The van der Waals surface area contributed by atoms with Crippen LogP contribution < -0.4 is 0 Å². The van der Waals surface area contributed by atoms with Crippen LogP contribution in [0.4, 0.5) is 4.39 Å². The van der Waals surface area contributed by atoms with Crippen molar-refractivity contribution in [1.82, 2.24) is 4.90 Å². The van der Waals surface area contributed by atoms with Gasteiger partial charge < -0.3 is 4.90 Å². The number of benzene rings is 1. The van der Waals surface area contributed by atoms with Gasteiger partial charge in [-0.15, -0.1) is 0 Å². The molecule has 1 heterocycles. The Hall–Kier alpha value is -1.49. The molecule has 1 aromatic rings. The summed E-state index contributed by atoms with van der Waals surface area (Å²) < 4.78 is 12.9. The third-order valence-corrected chi connectivity index (χ3v) is 3.40. The minimum absolute atomic E-state index is 0.0304. The number of nitrogens with zero attached hydrogens (tertiary/aromatic N) is 1. The third kappa shape index (κ3) is 3.29. The predicted molar refractivity (Wildman–Crippen MR) is 73.2 cm³/mol. The molecule has 0 fully saturated rings. The van der Waals surface area contributed by atoms with Gasteiger partial charge in [-0.2, -0.15) is 0 Å². The summed E-state index contributed by atoms with van der Waals surface area (Å²) >= 11 is 3.23. The third-order valence-electron chi connectivity index (χ3n) is 3.00. The second-order valence-corrected chi connectivity index (χ2v) is 5.09. The van der Waals surface area contributed by atoms with Crippen LogP contribution in [0.3, 0.4) is 0 Å². The first kappa shape index (κ1) is 13.9. The molecule has 0 saturated carbocycles. The number of ketones is 1. The van der Waals surface area contributed by atoms with E-state index in [2.05, 4.69) is 15.9 Å². The maximum atomic E-state index is 12.9. The topological polar surface area (TPSA) is 37.4 Å². The van der Waals surface area contributed by atoms with Gasteiger partial charge in [-0.05, 0) is 23.8 Å². The summed E-state index contributed by atoms with van der Waals surface area (Å²) in [5, 5.41) is 0.570. The number of rotatable bonds is 3. The van der Waals surface area contributed by atoms with Crippen LogP contribution in [0.5, 0.6) is 0 Å². The van der Waals surface area contributed by atoms with E-state index in [4.69, 9.17) is 0 Å². The highest BCUT2D eigenvalue weighted by molar-refractivity contribution is 9.09. The fourth-order valence-electron chi connectivity index (χ4n) is 2.05. The second-order valence-electron chi connectivity index (χ2n) is 4.29. The molecule has 0 spiro atoms. The lowest BCUT2D eigenvalue weighted by molar-refractivity contribution is -0.131. The number of hydrogen-bond acceptors (Lipinski definition) is 2. The Bertz CT molecular complexity index is 513. The van der Waals surface area contributed by atoms with Gasteiger partial charge in [0.25, 0.3) is 0 Å². The molecule has 1 amide bonds. The summed E-state index contributed by atoms with van der Waals surface area (Å²) in [6.45, 7) is 0. The first-order chi connectivity index (χ1) is 9.11. The number of hydrogen-bond donors (Lipinski definition) is 0. The minimum Gasteiger partial charge on any atom is -0.311 e. The first-order valence-electron chi connectivity index (χ1n) is 5.95. The number of allylic oxidation sites excluding steroid dienone is 1. The molecule has 0 saturated heterocycles. The van der Waals surface area contributed by atoms with Crippen LogP contribution >= 0.6 is 15.9 Å². The summed E-state index contributed by atoms with van der Waals surface area (Å²) in [5.41, 5.74) is 0.766. The highest BCUT2D eigenvalue weighted by atomic mass is 79.9. The van der Waals surface area contributed by atoms with Gasteiger partial charge in [0.15, 0.2) is 5.78 Å². The molecule has 1 aliphatic heterocycles. The maximum absolute atomic E-state index is 12.9. The average molecular weight is 326 g/mol. The molecule has 3 nitrogen and oxygen atoms in total. The van der Waals surface area contributed by atoms with Crippen molar-refractivity contribution in [2.75, 3.05) is 5.33 Å². The Morgan fingerprint density at radius 1 is 1.37 bits per heavy atom. The van der Waals surface area contributed by atoms with Gasteiger partial charge in [-0.3, -0.25) is 9.59 Å². The molecule has 0 aliphatic carbocycles. The van der Waals surface area contributed by atoms with E-state index in [9.17, 15) is 14.0 Å². The van der Waals surface area contributed by atoms with Crippen molar-refractivity contribution in [3.63, 3.8) is 0 Å². The Morgan fingerprint density at radius 3 is 2.68 bits per heavy atom. The molecule has 0 N–H and O–H groups in total. The van der Waals surface area contributed by atoms with E-state index in [1.807, 2.05) is 0 Å². The molecule has 0 bridgehead atoms. The lowest BCUT2D eigenvalue weighted by Crippen LogP contribution is -2.34. The van der Waals surface area contributed by atoms with E-state index < -0.39 is 0 Å². The summed E-state index contributed by atoms with van der Waals surface area (Å²) in [4.78, 5) is 25.1. The second kappa shape index (κ2) is 6.10. The summed E-state index contributed by atoms with van der Waals surface area (Å²) in [6.07, 6.45) is 3.52. The van der Waals surface area contributed by atoms with Gasteiger partial charge in [0.05, 0.1) is 6.04 Å². The Kier molecular flexibility index (Phi) is 4.47. The smallest absolute Gasteiger partial charge is 0.227 e. The zero-order chi connectivity index (χ0) is 13.8. The van der Waals surface area contributed by atoms with Gasteiger partial charge in [-0.1, -0.05) is 28.1 Å². The molecule has 1 unspecified atom stereocenters. The minimum atomic E-state index is -0.343. The van der Waals surface area contributed by atoms with Crippen molar-refractivity contribution < 1.29 is 14.0 Å². The Morgan fingerprint density at radius 2 is 2.05 bits per heavy atom. The molecule has 0 aromatic heterocycles. The van der Waals surface area contributed by atoms with Crippen LogP contribution in [0.1, 0.15) is 24.4 Å². The summed E-state index contributed by atoms with van der Waals surface area (Å²) in [5.74, 6) is -0.424. The fourth-order valence-corrected chi connectivity index (χ4v) is 2.39. The molecule has 1 aromatic carbocycles. The van der Waals surface area contributed by atoms with Crippen molar-refractivity contribution in [3.8, 4) is 0 Å². The summed E-state index contributed by atoms with van der Waals surface area (Å²) in [7, 11) is 0. The monoisotopic (exact) mass is 325 g/mol. The van der Waals surface area contributed by atoms with Crippen molar-refractivity contribution in [2.45, 2.75) is 18.9 Å². The maximum Gasteiger partial charge on any atom is 0.227 e. The van der Waals surface area contributed by atoms with E-state index in [-0.39, 0.29) is 30.0 Å². The van der Waals surface area contributed by atoms with E-state index in [1.165, 1.54) is 24.4 Å². The number of amides is 1. The molecule has 1 atom stereocenters. The standard InChI is InChI=1S/C14H13BrFNO2/c15-7-5-14(19)17-8-6-12(18)9-13(17)10-1-3-11(16)4-2-10/h1-4,6,8,13H,5,7,9H2. The molecule has 19 heavy (non-hydrogen) atoms. The van der Waals surface area contributed by atoms with Gasteiger partial charge in [-0.25, -0.2) is 4.39 Å². The molecule has 100 valence electrons. The molecule has 1 aliphatic rings. The quantitative estimate of drug-likeness (QED) is 0.801. The van der Waals surface area contributed by atoms with Crippen LogP contribution in [0.25, 0.3) is 0 Å². The molecular formula is C14H13BrFNO2. The molecular weight excluding hydrogens is 313 g/mol. The van der Waals surface area contributed by atoms with Crippen LogP contribution in [-0.4, -0.2) is 21.9 Å². The molecule has 0 radical (unpaired) electrons. The molecule has 5 heteroatoms. The highest BCUT2D eigenvalue weighted by Gasteiger charge is 2.28. The van der Waals surface area contributed by atoms with Crippen LogP contribution in [0, 0.1) is 5.82 Å². The number of carbonyl (C=O) groups excluding carboxylic acids is 2. The lowest BCUT2D eigenvalue weighted by atomic mass is 9.97. The highest BCUT2D eigenvalue weighted by Crippen LogP contribution is 2.29. The van der Waals surface area contributed by atoms with Gasteiger partial charge in [0, 0.05) is 24.4 Å². The van der Waals surface area contributed by atoms with E-state index in [0.29, 0.717) is 11.8 Å². The fraction of sp³-hybridized carbons (Fsp3) is 0.286. The van der Waals surface area contributed by atoms with Crippen molar-refractivity contribution >= 4 is 27.6 Å². The molecule has 2 rings (SSSR count). The largest absolute Gasteiger partial charge is 0.311 e. The van der Waals surface area contributed by atoms with Crippen LogP contribution in [0.15, 0.2) is 36.5 Å². The van der Waals surface area contributed by atoms with Gasteiger partial charge in [0.1, 0.15) is 5.82 Å². The Labute approximate surface area is 119 Å². The van der Waals surface area contributed by atoms with E-state index in [0.717, 1.165) is 5.56 Å². The number of carbonyl (C=O) groups is 2. The van der Waals surface area contributed by atoms with Crippen LogP contribution in [-0.2, 0) is 9.59 Å². The first-order valence-corrected chi connectivity index (χ1v) is 7.07. The average Bonchev–Trinajstić information content (AvgIpc) is 2.39. The normalized spacial score (nSPS) is 18.7. The van der Waals surface area contributed by atoms with Crippen molar-refractivity contribution in [2.24, 2.45) is 0 Å². The van der Waals surface area contributed by atoms with Crippen molar-refractivity contribution in [3.05, 3.63) is 47.9 Å². The lowest BCUT2D eigenvalue weighted by Gasteiger charge is -2.31. The predicted octanol–water partition coefficient (Wildman–Crippen LogP) is 2.97. The summed E-state index contributed by atoms with van der Waals surface area (Å²) in [6, 6.07) is 5.56. The number of halogens is 2. The van der Waals surface area contributed by atoms with Crippen molar-refractivity contribution in [1.29, 1.82) is 0 Å². The van der Waals surface area contributed by atoms with Crippen LogP contribution in [0.2, 0.25) is 0 Å². The van der Waals surface area contributed by atoms with Gasteiger partial charge in [0.2, 0.25) is 5.91 Å².